The first-order chi connectivity index (χ1) is 13.3. The van der Waals surface area contributed by atoms with Gasteiger partial charge in [-0.1, -0.05) is 18.6 Å². The zero-order chi connectivity index (χ0) is 19.8. The zero-order valence-corrected chi connectivity index (χ0v) is 16.0. The fourth-order valence-corrected chi connectivity index (χ4v) is 4.39. The molecule has 0 spiro atoms. The number of carbonyl (C=O) groups is 1. The number of esters is 1. The predicted octanol–water partition coefficient (Wildman–Crippen LogP) is 2.70. The van der Waals surface area contributed by atoms with Crippen molar-refractivity contribution in [2.75, 3.05) is 0 Å². The molecule has 0 fully saturated rings. The molecule has 2 aliphatic rings. The van der Waals surface area contributed by atoms with Crippen LogP contribution in [0.15, 0.2) is 29.1 Å². The van der Waals surface area contributed by atoms with Gasteiger partial charge in [0.05, 0.1) is 29.0 Å². The van der Waals surface area contributed by atoms with Gasteiger partial charge in [0, 0.05) is 16.5 Å². The maximum Gasteiger partial charge on any atom is 0.343 e. The van der Waals surface area contributed by atoms with Crippen molar-refractivity contribution in [3.05, 3.63) is 62.4 Å². The van der Waals surface area contributed by atoms with Gasteiger partial charge in [0.2, 0.25) is 0 Å². The van der Waals surface area contributed by atoms with Crippen LogP contribution in [0.5, 0.6) is 0 Å². The summed E-state index contributed by atoms with van der Waals surface area (Å²) >= 11 is 0. The van der Waals surface area contributed by atoms with E-state index < -0.39 is 11.6 Å². The van der Waals surface area contributed by atoms with Gasteiger partial charge in [-0.3, -0.25) is 4.79 Å². The van der Waals surface area contributed by atoms with Crippen molar-refractivity contribution in [1.82, 2.24) is 9.55 Å². The summed E-state index contributed by atoms with van der Waals surface area (Å²) in [5.41, 5.74) is 4.18. The Morgan fingerprint density at radius 1 is 1.21 bits per heavy atom. The average Bonchev–Trinajstić information content (AvgIpc) is 3.05. The van der Waals surface area contributed by atoms with Crippen LogP contribution in [0.3, 0.4) is 0 Å². The molecule has 0 radical (unpaired) electrons. The van der Waals surface area contributed by atoms with Gasteiger partial charge in [-0.2, -0.15) is 0 Å². The van der Waals surface area contributed by atoms with Crippen molar-refractivity contribution in [3.63, 3.8) is 0 Å². The van der Waals surface area contributed by atoms with Crippen LogP contribution >= 0.6 is 0 Å². The van der Waals surface area contributed by atoms with Crippen molar-refractivity contribution in [2.24, 2.45) is 0 Å². The van der Waals surface area contributed by atoms with Crippen LogP contribution in [0.2, 0.25) is 0 Å². The van der Waals surface area contributed by atoms with E-state index in [-0.39, 0.29) is 18.6 Å². The molecule has 1 N–H and O–H groups in total. The molecule has 0 saturated heterocycles. The third kappa shape index (κ3) is 2.04. The van der Waals surface area contributed by atoms with Gasteiger partial charge in [0.15, 0.2) is 5.60 Å². The number of nitrogens with zero attached hydrogens (tertiary/aromatic N) is 2. The monoisotopic (exact) mass is 376 g/mol. The van der Waals surface area contributed by atoms with E-state index in [0.29, 0.717) is 23.4 Å². The first kappa shape index (κ1) is 17.1. The van der Waals surface area contributed by atoms with Crippen LogP contribution < -0.4 is 5.56 Å². The van der Waals surface area contributed by atoms with E-state index in [9.17, 15) is 14.7 Å². The Bertz CT molecular complexity index is 1260. The Labute approximate surface area is 161 Å². The highest BCUT2D eigenvalue weighted by Gasteiger charge is 2.45. The maximum atomic E-state index is 13.2. The van der Waals surface area contributed by atoms with E-state index in [1.165, 1.54) is 0 Å². The third-order valence-corrected chi connectivity index (χ3v) is 6.13. The molecular formula is C22H20N2O4. The Balaban J connectivity index is 1.83. The Kier molecular flexibility index (Phi) is 3.37. The van der Waals surface area contributed by atoms with Crippen LogP contribution in [0.1, 0.15) is 41.2 Å². The van der Waals surface area contributed by atoms with Gasteiger partial charge < -0.3 is 14.4 Å². The number of ether oxygens (including phenoxy) is 1. The molecule has 0 aliphatic carbocycles. The van der Waals surface area contributed by atoms with E-state index >= 15 is 0 Å². The van der Waals surface area contributed by atoms with E-state index in [1.807, 2.05) is 26.0 Å². The van der Waals surface area contributed by atoms with E-state index in [1.54, 1.807) is 17.6 Å². The molecule has 5 rings (SSSR count). The summed E-state index contributed by atoms with van der Waals surface area (Å²) in [6.45, 7) is 6.11. The minimum absolute atomic E-state index is 0.112. The van der Waals surface area contributed by atoms with Crippen LogP contribution in [-0.2, 0) is 28.3 Å². The van der Waals surface area contributed by atoms with Crippen LogP contribution in [0.25, 0.3) is 22.3 Å². The highest BCUT2D eigenvalue weighted by atomic mass is 16.6. The molecule has 28 heavy (non-hydrogen) atoms. The van der Waals surface area contributed by atoms with Crippen LogP contribution in [0, 0.1) is 13.8 Å². The highest BCUT2D eigenvalue weighted by molar-refractivity contribution is 5.89. The van der Waals surface area contributed by atoms with Gasteiger partial charge >= 0.3 is 5.97 Å². The van der Waals surface area contributed by atoms with Crippen molar-refractivity contribution >= 4 is 16.9 Å². The lowest BCUT2D eigenvalue weighted by atomic mass is 9.86. The molecular weight excluding hydrogens is 356 g/mol. The fourth-order valence-electron chi connectivity index (χ4n) is 4.39. The quantitative estimate of drug-likeness (QED) is 0.517. The molecule has 142 valence electrons. The summed E-state index contributed by atoms with van der Waals surface area (Å²) < 4.78 is 6.78. The molecule has 3 aromatic rings. The number of aryl methyl sites for hydroxylation is 2. The van der Waals surface area contributed by atoms with Gasteiger partial charge in [-0.05, 0) is 44.0 Å². The Morgan fingerprint density at radius 2 is 2.00 bits per heavy atom. The highest BCUT2D eigenvalue weighted by Crippen LogP contribution is 2.39. The van der Waals surface area contributed by atoms with Crippen molar-refractivity contribution in [3.8, 4) is 11.4 Å². The number of carbonyl (C=O) groups excluding carboxylic acids is 1. The molecule has 6 heteroatoms. The van der Waals surface area contributed by atoms with Crippen molar-refractivity contribution in [1.29, 1.82) is 0 Å². The topological polar surface area (TPSA) is 81.4 Å². The lowest BCUT2D eigenvalue weighted by Crippen LogP contribution is -2.44. The van der Waals surface area contributed by atoms with E-state index in [4.69, 9.17) is 9.72 Å². The number of benzene rings is 1. The molecule has 2 aliphatic heterocycles. The normalized spacial score (nSPS) is 19.9. The lowest BCUT2D eigenvalue weighted by molar-refractivity contribution is -0.172. The number of pyridine rings is 2. The number of hydrogen-bond donors (Lipinski definition) is 1. The molecule has 0 amide bonds. The standard InChI is InChI=1S/C22H20N2O4/c1-4-22(27)16-8-18-19-14(9-24(18)20(25)15(16)10-28-21(22)26)12(3)13-7-11(2)5-6-17(13)23-19/h5-8,27H,4,9-10H2,1-3H3/t22-/m0/s1. The number of hydrogen-bond acceptors (Lipinski definition) is 5. The largest absolute Gasteiger partial charge is 0.458 e. The smallest absolute Gasteiger partial charge is 0.343 e. The SMILES string of the molecule is CC[C@@]1(O)C(=O)OCc2c1cc1n(c2=O)Cc2c-1nc1ccc(C)cc1c2C. The summed E-state index contributed by atoms with van der Waals surface area (Å²) in [4.78, 5) is 30.2. The number of aromatic nitrogens is 2. The van der Waals surface area contributed by atoms with Gasteiger partial charge in [0.25, 0.3) is 5.56 Å². The summed E-state index contributed by atoms with van der Waals surface area (Å²) in [5, 5.41) is 12.0. The van der Waals surface area contributed by atoms with Gasteiger partial charge in [-0.15, -0.1) is 0 Å². The summed E-state index contributed by atoms with van der Waals surface area (Å²) in [6, 6.07) is 7.86. The first-order valence-corrected chi connectivity index (χ1v) is 9.42. The fraction of sp³-hybridized carbons (Fsp3) is 0.318. The van der Waals surface area contributed by atoms with E-state index in [0.717, 1.165) is 33.3 Å². The first-order valence-electron chi connectivity index (χ1n) is 9.42. The number of aliphatic hydroxyl groups is 1. The third-order valence-electron chi connectivity index (χ3n) is 6.13. The molecule has 0 saturated carbocycles. The lowest BCUT2D eigenvalue weighted by Gasteiger charge is -2.31. The van der Waals surface area contributed by atoms with Gasteiger partial charge in [-0.25, -0.2) is 9.78 Å². The van der Waals surface area contributed by atoms with Crippen molar-refractivity contribution < 1.29 is 14.6 Å². The molecule has 2 aromatic heterocycles. The molecule has 6 nitrogen and oxygen atoms in total. The van der Waals surface area contributed by atoms with E-state index in [2.05, 4.69) is 6.07 Å². The van der Waals surface area contributed by atoms with Crippen LogP contribution in [0.4, 0.5) is 0 Å². The number of cyclic esters (lactones) is 1. The maximum absolute atomic E-state index is 13.2. The number of rotatable bonds is 1. The molecule has 0 bridgehead atoms. The zero-order valence-electron chi connectivity index (χ0n) is 16.0. The van der Waals surface area contributed by atoms with Gasteiger partial charge in [0.1, 0.15) is 6.61 Å². The Morgan fingerprint density at radius 3 is 2.75 bits per heavy atom. The predicted molar refractivity (Wildman–Crippen MR) is 104 cm³/mol. The summed E-state index contributed by atoms with van der Waals surface area (Å²) in [6.07, 6.45) is 0.137. The molecule has 0 unspecified atom stereocenters. The second kappa shape index (κ2) is 5.52. The number of fused-ring (bicyclic) bond motifs is 5. The van der Waals surface area contributed by atoms with Crippen LogP contribution in [-0.4, -0.2) is 20.6 Å². The molecule has 1 aromatic carbocycles. The molecule has 4 heterocycles. The summed E-state index contributed by atoms with van der Waals surface area (Å²) in [7, 11) is 0. The van der Waals surface area contributed by atoms with Crippen molar-refractivity contribution in [2.45, 2.75) is 45.9 Å². The minimum atomic E-state index is -1.80. The second-order valence-electron chi connectivity index (χ2n) is 7.69. The summed E-state index contributed by atoms with van der Waals surface area (Å²) in [5.74, 6) is -0.705. The Hall–Kier alpha value is -2.99. The molecule has 1 atom stereocenters. The minimum Gasteiger partial charge on any atom is -0.458 e. The second-order valence-corrected chi connectivity index (χ2v) is 7.69. The average molecular weight is 376 g/mol.